The first-order valence-electron chi connectivity index (χ1n) is 7.39. The predicted molar refractivity (Wildman–Crippen MR) is 77.8 cm³/mol. The summed E-state index contributed by atoms with van der Waals surface area (Å²) in [5.74, 6) is 3.63. The zero-order valence-electron chi connectivity index (χ0n) is 12.1. The van der Waals surface area contributed by atoms with E-state index in [1.807, 2.05) is 0 Å². The number of hydrogen-bond donors (Lipinski definition) is 3. The zero-order chi connectivity index (χ0) is 15.0. The highest BCUT2D eigenvalue weighted by Gasteiger charge is 2.36. The summed E-state index contributed by atoms with van der Waals surface area (Å²) in [6.07, 6.45) is 5.53. The van der Waals surface area contributed by atoms with Crippen LogP contribution in [-0.2, 0) is 0 Å². The van der Waals surface area contributed by atoms with Gasteiger partial charge in [-0.2, -0.15) is 0 Å². The molecule has 5 nitrogen and oxygen atoms in total. The first-order valence-corrected chi connectivity index (χ1v) is 7.39. The van der Waals surface area contributed by atoms with E-state index in [1.165, 1.54) is 19.3 Å². The molecule has 2 atom stereocenters. The molecule has 2 aliphatic heterocycles. The van der Waals surface area contributed by atoms with E-state index in [2.05, 4.69) is 27.7 Å². The van der Waals surface area contributed by atoms with Gasteiger partial charge in [-0.25, -0.2) is 19.6 Å². The number of pyridine rings is 1. The molecule has 3 heterocycles. The van der Waals surface area contributed by atoms with Gasteiger partial charge in [-0.1, -0.05) is 6.42 Å². The van der Waals surface area contributed by atoms with Gasteiger partial charge in [0.25, 0.3) is 0 Å². The average Bonchev–Trinajstić information content (AvgIpc) is 2.43. The minimum atomic E-state index is -0.791. The lowest BCUT2D eigenvalue weighted by Gasteiger charge is -2.47. The third kappa shape index (κ3) is 2.80. The Balaban J connectivity index is 1.75. The molecular weight excluding hydrogens is 276 g/mol. The highest BCUT2D eigenvalue weighted by molar-refractivity contribution is 5.47. The SMILES string of the molecule is CN1C2CCCC1CC(Nc1nc(NN)c(F)cc1F)C2. The maximum absolute atomic E-state index is 13.8. The number of fused-ring (bicyclic) bond motifs is 2. The molecule has 116 valence electrons. The molecule has 0 aromatic carbocycles. The van der Waals surface area contributed by atoms with Crippen molar-refractivity contribution in [3.8, 4) is 0 Å². The number of nitrogens with one attached hydrogen (secondary N) is 2. The third-order valence-corrected chi connectivity index (χ3v) is 4.75. The second-order valence-electron chi connectivity index (χ2n) is 6.01. The van der Waals surface area contributed by atoms with Gasteiger partial charge in [-0.05, 0) is 32.7 Å². The molecule has 0 radical (unpaired) electrons. The summed E-state index contributed by atoms with van der Waals surface area (Å²) in [4.78, 5) is 6.32. The Bertz CT molecular complexity index is 510. The first kappa shape index (κ1) is 14.5. The number of hydrazine groups is 1. The Morgan fingerprint density at radius 3 is 2.43 bits per heavy atom. The van der Waals surface area contributed by atoms with Gasteiger partial charge in [0.05, 0.1) is 0 Å². The van der Waals surface area contributed by atoms with Crippen LogP contribution in [0.4, 0.5) is 20.4 Å². The minimum Gasteiger partial charge on any atom is -0.365 e. The van der Waals surface area contributed by atoms with E-state index in [0.717, 1.165) is 18.9 Å². The summed E-state index contributed by atoms with van der Waals surface area (Å²) < 4.78 is 27.2. The van der Waals surface area contributed by atoms with Crippen LogP contribution in [0.2, 0.25) is 0 Å². The lowest BCUT2D eigenvalue weighted by Crippen LogP contribution is -2.52. The standard InChI is InChI=1S/C14H21F2N5/c1-21-9-3-2-4-10(21)6-8(5-9)18-13-11(15)7-12(16)14(19-13)20-17/h7-10H,2-6,17H2,1H3,(H2,18,19,20). The number of hydrogen-bond acceptors (Lipinski definition) is 5. The highest BCUT2D eigenvalue weighted by atomic mass is 19.1. The van der Waals surface area contributed by atoms with Crippen molar-refractivity contribution in [1.29, 1.82) is 0 Å². The van der Waals surface area contributed by atoms with Crippen LogP contribution in [0.1, 0.15) is 32.1 Å². The van der Waals surface area contributed by atoms with Crippen molar-refractivity contribution >= 4 is 11.6 Å². The third-order valence-electron chi connectivity index (χ3n) is 4.75. The molecule has 0 amide bonds. The zero-order valence-corrected chi connectivity index (χ0v) is 12.1. The molecule has 2 saturated heterocycles. The number of piperidine rings is 2. The van der Waals surface area contributed by atoms with E-state index < -0.39 is 11.6 Å². The maximum atomic E-state index is 13.8. The van der Waals surface area contributed by atoms with E-state index in [-0.39, 0.29) is 17.7 Å². The van der Waals surface area contributed by atoms with Crippen LogP contribution in [0.15, 0.2) is 6.07 Å². The van der Waals surface area contributed by atoms with E-state index in [1.54, 1.807) is 0 Å². The lowest BCUT2D eigenvalue weighted by molar-refractivity contribution is 0.0607. The van der Waals surface area contributed by atoms with Crippen molar-refractivity contribution in [2.75, 3.05) is 17.8 Å². The predicted octanol–water partition coefficient (Wildman–Crippen LogP) is 2.07. The van der Waals surface area contributed by atoms with Crippen molar-refractivity contribution in [2.24, 2.45) is 5.84 Å². The van der Waals surface area contributed by atoms with Gasteiger partial charge in [-0.3, -0.25) is 0 Å². The number of anilines is 2. The topological polar surface area (TPSA) is 66.2 Å². The quantitative estimate of drug-likeness (QED) is 0.589. The van der Waals surface area contributed by atoms with Crippen molar-refractivity contribution in [3.63, 3.8) is 0 Å². The molecule has 2 unspecified atom stereocenters. The van der Waals surface area contributed by atoms with Crippen molar-refractivity contribution in [1.82, 2.24) is 9.88 Å². The van der Waals surface area contributed by atoms with Gasteiger partial charge in [0.15, 0.2) is 23.3 Å². The van der Waals surface area contributed by atoms with Crippen LogP contribution in [-0.4, -0.2) is 35.1 Å². The fourth-order valence-electron chi connectivity index (χ4n) is 3.60. The Morgan fingerprint density at radius 2 is 1.81 bits per heavy atom. The molecule has 0 spiro atoms. The minimum absolute atomic E-state index is 0.0666. The molecule has 1 aromatic heterocycles. The normalized spacial score (nSPS) is 29.2. The molecule has 0 saturated carbocycles. The second kappa shape index (κ2) is 5.73. The summed E-state index contributed by atoms with van der Waals surface area (Å²) in [6.45, 7) is 0. The monoisotopic (exact) mass is 297 g/mol. The lowest BCUT2D eigenvalue weighted by atomic mass is 9.82. The summed E-state index contributed by atoms with van der Waals surface area (Å²) in [5.41, 5.74) is 2.15. The van der Waals surface area contributed by atoms with Crippen molar-refractivity contribution < 1.29 is 8.78 Å². The van der Waals surface area contributed by atoms with Crippen LogP contribution >= 0.6 is 0 Å². The molecule has 1 aromatic rings. The van der Waals surface area contributed by atoms with Crippen molar-refractivity contribution in [2.45, 2.75) is 50.2 Å². The first-order chi connectivity index (χ1) is 10.1. The maximum Gasteiger partial charge on any atom is 0.178 e. The van der Waals surface area contributed by atoms with E-state index in [9.17, 15) is 8.78 Å². The number of nitrogen functional groups attached to an aromatic ring is 1. The number of nitrogens with two attached hydrogens (primary N) is 1. The summed E-state index contributed by atoms with van der Waals surface area (Å²) in [5, 5.41) is 3.13. The number of aromatic nitrogens is 1. The number of halogens is 2. The number of rotatable bonds is 3. The van der Waals surface area contributed by atoms with Gasteiger partial charge >= 0.3 is 0 Å². The highest BCUT2D eigenvalue weighted by Crippen LogP contribution is 2.34. The van der Waals surface area contributed by atoms with Crippen LogP contribution in [0.5, 0.6) is 0 Å². The molecular formula is C14H21F2N5. The van der Waals surface area contributed by atoms with Gasteiger partial charge in [0.1, 0.15) is 0 Å². The summed E-state index contributed by atoms with van der Waals surface area (Å²) in [6, 6.07) is 2.03. The summed E-state index contributed by atoms with van der Waals surface area (Å²) >= 11 is 0. The fraction of sp³-hybridized carbons (Fsp3) is 0.643. The molecule has 3 rings (SSSR count). The van der Waals surface area contributed by atoms with Gasteiger partial charge in [0, 0.05) is 24.2 Å². The molecule has 21 heavy (non-hydrogen) atoms. The van der Waals surface area contributed by atoms with E-state index >= 15 is 0 Å². The molecule has 2 bridgehead atoms. The second-order valence-corrected chi connectivity index (χ2v) is 6.01. The van der Waals surface area contributed by atoms with Crippen LogP contribution in [0, 0.1) is 11.6 Å². The average molecular weight is 297 g/mol. The Kier molecular flexibility index (Phi) is 3.95. The van der Waals surface area contributed by atoms with E-state index in [4.69, 9.17) is 5.84 Å². The van der Waals surface area contributed by atoms with E-state index in [0.29, 0.717) is 12.1 Å². The fourth-order valence-corrected chi connectivity index (χ4v) is 3.60. The summed E-state index contributed by atoms with van der Waals surface area (Å²) in [7, 11) is 2.16. The molecule has 2 aliphatic rings. The Labute approximate surface area is 122 Å². The van der Waals surface area contributed by atoms with Gasteiger partial charge in [-0.15, -0.1) is 0 Å². The van der Waals surface area contributed by atoms with Gasteiger partial charge < -0.3 is 15.6 Å². The Morgan fingerprint density at radius 1 is 1.19 bits per heavy atom. The molecule has 7 heteroatoms. The van der Waals surface area contributed by atoms with Crippen LogP contribution < -0.4 is 16.6 Å². The Hall–Kier alpha value is -1.47. The van der Waals surface area contributed by atoms with Crippen molar-refractivity contribution in [3.05, 3.63) is 17.7 Å². The molecule has 0 aliphatic carbocycles. The van der Waals surface area contributed by atoms with Gasteiger partial charge in [0.2, 0.25) is 0 Å². The van der Waals surface area contributed by atoms with Crippen LogP contribution in [0.25, 0.3) is 0 Å². The molecule has 2 fully saturated rings. The smallest absolute Gasteiger partial charge is 0.178 e. The number of nitrogens with zero attached hydrogens (tertiary/aromatic N) is 2. The largest absolute Gasteiger partial charge is 0.365 e. The van der Waals surface area contributed by atoms with Crippen LogP contribution in [0.3, 0.4) is 0 Å². The molecule has 4 N–H and O–H groups in total.